The first kappa shape index (κ1) is 14.0. The van der Waals surface area contributed by atoms with Gasteiger partial charge < -0.3 is 10.4 Å². The van der Waals surface area contributed by atoms with E-state index in [-0.39, 0.29) is 17.5 Å². The van der Waals surface area contributed by atoms with E-state index in [1.807, 2.05) is 19.1 Å². The van der Waals surface area contributed by atoms with Crippen molar-refractivity contribution in [2.24, 2.45) is 0 Å². The van der Waals surface area contributed by atoms with Gasteiger partial charge in [0.05, 0.1) is 4.92 Å². The molecule has 0 unspecified atom stereocenters. The van der Waals surface area contributed by atoms with Crippen molar-refractivity contribution in [3.63, 3.8) is 0 Å². The molecule has 20 heavy (non-hydrogen) atoms. The van der Waals surface area contributed by atoms with Crippen molar-refractivity contribution in [2.75, 3.05) is 0 Å². The Morgan fingerprint density at radius 2 is 1.75 bits per heavy atom. The van der Waals surface area contributed by atoms with E-state index in [0.717, 1.165) is 11.1 Å². The molecular weight excluding hydrogens is 256 g/mol. The average Bonchev–Trinajstić information content (AvgIpc) is 2.46. The van der Waals surface area contributed by atoms with Crippen LogP contribution in [0.5, 0.6) is 5.75 Å². The number of phenolic OH excluding ortho intramolecular Hbond substituents is 1. The first-order chi connectivity index (χ1) is 9.56. The molecule has 0 radical (unpaired) electrons. The molecule has 2 rings (SSSR count). The van der Waals surface area contributed by atoms with Crippen LogP contribution in [0.1, 0.15) is 24.1 Å². The molecule has 2 aromatic rings. The topological polar surface area (TPSA) is 75.4 Å². The summed E-state index contributed by atoms with van der Waals surface area (Å²) < 4.78 is 0. The quantitative estimate of drug-likeness (QED) is 0.647. The molecule has 0 aliphatic carbocycles. The van der Waals surface area contributed by atoms with E-state index in [9.17, 15) is 15.2 Å². The molecule has 0 saturated heterocycles. The molecule has 0 aliphatic heterocycles. The number of nitrogens with zero attached hydrogens (tertiary/aromatic N) is 1. The van der Waals surface area contributed by atoms with Gasteiger partial charge in [-0.05, 0) is 30.2 Å². The van der Waals surface area contributed by atoms with Gasteiger partial charge in [0.1, 0.15) is 5.75 Å². The van der Waals surface area contributed by atoms with Crippen LogP contribution in [-0.2, 0) is 6.54 Å². The van der Waals surface area contributed by atoms with Gasteiger partial charge in [-0.25, -0.2) is 0 Å². The third-order valence-corrected chi connectivity index (χ3v) is 3.15. The van der Waals surface area contributed by atoms with E-state index in [2.05, 4.69) is 5.32 Å². The van der Waals surface area contributed by atoms with Crippen molar-refractivity contribution >= 4 is 5.69 Å². The van der Waals surface area contributed by atoms with Crippen LogP contribution in [0.4, 0.5) is 5.69 Å². The summed E-state index contributed by atoms with van der Waals surface area (Å²) in [7, 11) is 0. The second-order valence-corrected chi connectivity index (χ2v) is 4.62. The van der Waals surface area contributed by atoms with Gasteiger partial charge in [0, 0.05) is 24.7 Å². The molecule has 0 aliphatic rings. The highest BCUT2D eigenvalue weighted by molar-refractivity contribution is 5.34. The van der Waals surface area contributed by atoms with Crippen LogP contribution >= 0.6 is 0 Å². The molecular formula is C15H16N2O3. The van der Waals surface area contributed by atoms with Crippen LogP contribution < -0.4 is 5.32 Å². The van der Waals surface area contributed by atoms with Gasteiger partial charge in [-0.2, -0.15) is 0 Å². The predicted octanol–water partition coefficient (Wildman–Crippen LogP) is 3.15. The average molecular weight is 272 g/mol. The number of hydrogen-bond donors (Lipinski definition) is 2. The molecule has 0 bridgehead atoms. The Labute approximate surface area is 117 Å². The highest BCUT2D eigenvalue weighted by Gasteiger charge is 2.08. The van der Waals surface area contributed by atoms with Crippen LogP contribution in [0.25, 0.3) is 0 Å². The smallest absolute Gasteiger partial charge is 0.269 e. The van der Waals surface area contributed by atoms with Crippen molar-refractivity contribution in [3.05, 3.63) is 69.8 Å². The van der Waals surface area contributed by atoms with E-state index in [4.69, 9.17) is 0 Å². The predicted molar refractivity (Wildman–Crippen MR) is 76.5 cm³/mol. The Hall–Kier alpha value is -2.40. The van der Waals surface area contributed by atoms with Gasteiger partial charge in [0.15, 0.2) is 0 Å². The molecule has 0 saturated carbocycles. The summed E-state index contributed by atoms with van der Waals surface area (Å²) in [4.78, 5) is 10.2. The minimum absolute atomic E-state index is 0.0876. The van der Waals surface area contributed by atoms with Crippen LogP contribution in [0.2, 0.25) is 0 Å². The number of benzene rings is 2. The summed E-state index contributed by atoms with van der Waals surface area (Å²) >= 11 is 0. The standard InChI is InChI=1S/C15H16N2O3/c1-11(13-4-6-14(7-5-13)17(19)20)16-10-12-2-8-15(18)9-3-12/h2-9,11,16,18H,10H2,1H3/t11-/m0/s1. The number of phenols is 1. The number of nitrogens with one attached hydrogen (secondary N) is 1. The maximum Gasteiger partial charge on any atom is 0.269 e. The van der Waals surface area contributed by atoms with Crippen molar-refractivity contribution in [2.45, 2.75) is 19.5 Å². The van der Waals surface area contributed by atoms with E-state index >= 15 is 0 Å². The lowest BCUT2D eigenvalue weighted by atomic mass is 10.1. The molecule has 2 aromatic carbocycles. The maximum absolute atomic E-state index is 10.6. The van der Waals surface area contributed by atoms with Crippen molar-refractivity contribution in [1.82, 2.24) is 5.32 Å². The molecule has 5 nitrogen and oxygen atoms in total. The largest absolute Gasteiger partial charge is 0.508 e. The number of non-ortho nitro benzene ring substituents is 1. The Bertz CT molecular complexity index is 579. The van der Waals surface area contributed by atoms with Gasteiger partial charge in [0.25, 0.3) is 5.69 Å². The highest BCUT2D eigenvalue weighted by atomic mass is 16.6. The van der Waals surface area contributed by atoms with Gasteiger partial charge in [-0.3, -0.25) is 10.1 Å². The maximum atomic E-state index is 10.6. The highest BCUT2D eigenvalue weighted by Crippen LogP contribution is 2.18. The summed E-state index contributed by atoms with van der Waals surface area (Å²) in [6.45, 7) is 2.67. The van der Waals surface area contributed by atoms with E-state index in [1.54, 1.807) is 24.3 Å². The van der Waals surface area contributed by atoms with Crippen LogP contribution in [-0.4, -0.2) is 10.0 Å². The van der Waals surface area contributed by atoms with Gasteiger partial charge >= 0.3 is 0 Å². The minimum Gasteiger partial charge on any atom is -0.508 e. The second-order valence-electron chi connectivity index (χ2n) is 4.62. The fraction of sp³-hybridized carbons (Fsp3) is 0.200. The van der Waals surface area contributed by atoms with Crippen LogP contribution in [0.15, 0.2) is 48.5 Å². The zero-order valence-corrected chi connectivity index (χ0v) is 11.1. The summed E-state index contributed by atoms with van der Waals surface area (Å²) in [5.74, 6) is 0.247. The van der Waals surface area contributed by atoms with Crippen molar-refractivity contribution in [3.8, 4) is 5.75 Å². The third kappa shape index (κ3) is 3.55. The lowest BCUT2D eigenvalue weighted by molar-refractivity contribution is -0.384. The lowest BCUT2D eigenvalue weighted by Crippen LogP contribution is -2.17. The molecule has 0 amide bonds. The number of aromatic hydroxyl groups is 1. The zero-order chi connectivity index (χ0) is 14.5. The number of nitro benzene ring substituents is 1. The molecule has 104 valence electrons. The fourth-order valence-corrected chi connectivity index (χ4v) is 1.89. The molecule has 0 fully saturated rings. The van der Waals surface area contributed by atoms with E-state index in [1.165, 1.54) is 12.1 Å². The molecule has 2 N–H and O–H groups in total. The van der Waals surface area contributed by atoms with E-state index in [0.29, 0.717) is 6.54 Å². The summed E-state index contributed by atoms with van der Waals surface area (Å²) in [5.41, 5.74) is 2.16. The first-order valence-corrected chi connectivity index (χ1v) is 6.32. The fourth-order valence-electron chi connectivity index (χ4n) is 1.89. The second kappa shape index (κ2) is 6.16. The lowest BCUT2D eigenvalue weighted by Gasteiger charge is -2.14. The van der Waals surface area contributed by atoms with Gasteiger partial charge in [-0.15, -0.1) is 0 Å². The van der Waals surface area contributed by atoms with Gasteiger partial charge in [-0.1, -0.05) is 24.3 Å². The molecule has 0 aromatic heterocycles. The Morgan fingerprint density at radius 3 is 2.30 bits per heavy atom. The molecule has 1 atom stereocenters. The Balaban J connectivity index is 1.95. The summed E-state index contributed by atoms with van der Waals surface area (Å²) in [6.07, 6.45) is 0. The van der Waals surface area contributed by atoms with E-state index < -0.39 is 4.92 Å². The number of rotatable bonds is 5. The molecule has 0 heterocycles. The molecule has 5 heteroatoms. The summed E-state index contributed by atoms with van der Waals surface area (Å²) in [5, 5.41) is 23.1. The monoisotopic (exact) mass is 272 g/mol. The number of nitro groups is 1. The van der Waals surface area contributed by atoms with Gasteiger partial charge in [0.2, 0.25) is 0 Å². The van der Waals surface area contributed by atoms with Crippen molar-refractivity contribution < 1.29 is 10.0 Å². The number of hydrogen-bond acceptors (Lipinski definition) is 4. The molecule has 0 spiro atoms. The van der Waals surface area contributed by atoms with Crippen LogP contribution in [0, 0.1) is 10.1 Å². The minimum atomic E-state index is -0.404. The first-order valence-electron chi connectivity index (χ1n) is 6.32. The van der Waals surface area contributed by atoms with Crippen LogP contribution in [0.3, 0.4) is 0 Å². The SMILES string of the molecule is C[C@H](NCc1ccc(O)cc1)c1ccc([N+](=O)[O-])cc1. The normalized spacial score (nSPS) is 12.1. The third-order valence-electron chi connectivity index (χ3n) is 3.15. The van der Waals surface area contributed by atoms with Crippen molar-refractivity contribution in [1.29, 1.82) is 0 Å². The summed E-state index contributed by atoms with van der Waals surface area (Å²) in [6, 6.07) is 13.6. The Morgan fingerprint density at radius 1 is 1.15 bits per heavy atom. The Kier molecular flexibility index (Phi) is 4.32. The zero-order valence-electron chi connectivity index (χ0n) is 11.1.